The molecule has 0 radical (unpaired) electrons. The van der Waals surface area contributed by atoms with Gasteiger partial charge in [0.05, 0.1) is 11.1 Å². The number of hydrogen-bond acceptors (Lipinski definition) is 5. The van der Waals surface area contributed by atoms with Gasteiger partial charge in [-0.2, -0.15) is 9.41 Å². The van der Waals surface area contributed by atoms with Crippen LogP contribution in [-0.4, -0.2) is 43.0 Å². The Kier molecular flexibility index (Phi) is 6.11. The summed E-state index contributed by atoms with van der Waals surface area (Å²) < 4.78 is 26.9. The van der Waals surface area contributed by atoms with Crippen LogP contribution >= 0.6 is 0 Å². The van der Waals surface area contributed by atoms with Gasteiger partial charge in [-0.3, -0.25) is 4.79 Å². The number of amides is 1. The second-order valence-corrected chi connectivity index (χ2v) is 8.76. The molecular formula is C20H23N3O4S. The Morgan fingerprint density at radius 3 is 2.32 bits per heavy atom. The molecule has 0 spiro atoms. The molecule has 2 aromatic rings. The fraction of sp³-hybridized carbons (Fsp3) is 0.300. The van der Waals surface area contributed by atoms with Crippen LogP contribution in [0.4, 0.5) is 0 Å². The number of phenols is 1. The largest absolute Gasteiger partial charge is 0.508 e. The molecule has 28 heavy (non-hydrogen) atoms. The molecule has 8 heteroatoms. The third-order valence-electron chi connectivity index (χ3n) is 4.76. The van der Waals surface area contributed by atoms with Crippen LogP contribution in [0.5, 0.6) is 5.75 Å². The molecule has 1 amide bonds. The van der Waals surface area contributed by atoms with E-state index in [1.165, 1.54) is 22.7 Å². The number of aryl methyl sites for hydroxylation is 1. The first kappa shape index (κ1) is 20.0. The molecule has 148 valence electrons. The van der Waals surface area contributed by atoms with Crippen LogP contribution in [0.3, 0.4) is 0 Å². The molecular weight excluding hydrogens is 378 g/mol. The summed E-state index contributed by atoms with van der Waals surface area (Å²) in [5.41, 5.74) is 4.26. The molecule has 0 aromatic heterocycles. The highest BCUT2D eigenvalue weighted by Gasteiger charge is 2.31. The van der Waals surface area contributed by atoms with Crippen molar-refractivity contribution in [3.8, 4) is 5.75 Å². The van der Waals surface area contributed by atoms with Crippen molar-refractivity contribution in [1.82, 2.24) is 9.73 Å². The summed E-state index contributed by atoms with van der Waals surface area (Å²) in [5, 5.41) is 13.2. The number of carbonyl (C=O) groups excluding carboxylic acids is 1. The third-order valence-corrected chi connectivity index (χ3v) is 6.68. The molecule has 3 rings (SSSR count). The van der Waals surface area contributed by atoms with Gasteiger partial charge in [0.2, 0.25) is 15.9 Å². The molecule has 0 atom stereocenters. The predicted octanol–water partition coefficient (Wildman–Crippen LogP) is 2.25. The summed E-state index contributed by atoms with van der Waals surface area (Å²) in [7, 11) is -3.53. The van der Waals surface area contributed by atoms with Crippen LogP contribution < -0.4 is 5.43 Å². The maximum absolute atomic E-state index is 12.7. The molecule has 1 heterocycles. The Hall–Kier alpha value is -2.71. The summed E-state index contributed by atoms with van der Waals surface area (Å²) >= 11 is 0. The smallest absolute Gasteiger partial charge is 0.243 e. The lowest BCUT2D eigenvalue weighted by Gasteiger charge is -2.30. The summed E-state index contributed by atoms with van der Waals surface area (Å²) in [6, 6.07) is 13.2. The second kappa shape index (κ2) is 8.53. The number of rotatable bonds is 5. The van der Waals surface area contributed by atoms with Gasteiger partial charge in [0, 0.05) is 19.0 Å². The molecule has 0 saturated carbocycles. The lowest BCUT2D eigenvalue weighted by molar-refractivity contribution is -0.126. The van der Waals surface area contributed by atoms with E-state index in [4.69, 9.17) is 0 Å². The van der Waals surface area contributed by atoms with E-state index in [1.807, 2.05) is 6.92 Å². The third kappa shape index (κ3) is 4.76. The van der Waals surface area contributed by atoms with E-state index in [9.17, 15) is 18.3 Å². The average molecular weight is 401 g/mol. The molecule has 1 fully saturated rings. The van der Waals surface area contributed by atoms with Gasteiger partial charge in [0.25, 0.3) is 0 Å². The number of nitrogens with one attached hydrogen (secondary N) is 1. The van der Waals surface area contributed by atoms with Crippen molar-refractivity contribution in [3.63, 3.8) is 0 Å². The van der Waals surface area contributed by atoms with Crippen LogP contribution in [0.1, 0.15) is 24.0 Å². The van der Waals surface area contributed by atoms with Gasteiger partial charge in [0.15, 0.2) is 0 Å². The van der Waals surface area contributed by atoms with Crippen LogP contribution in [0, 0.1) is 12.8 Å². The minimum Gasteiger partial charge on any atom is -0.508 e. The van der Waals surface area contributed by atoms with E-state index >= 15 is 0 Å². The molecule has 0 unspecified atom stereocenters. The number of phenolic OH excluding ortho intramolecular Hbond substituents is 1. The molecule has 2 aromatic carbocycles. The lowest BCUT2D eigenvalue weighted by Crippen LogP contribution is -2.42. The van der Waals surface area contributed by atoms with E-state index in [1.54, 1.807) is 36.4 Å². The molecule has 1 aliphatic heterocycles. The fourth-order valence-corrected chi connectivity index (χ4v) is 4.51. The zero-order valence-electron chi connectivity index (χ0n) is 15.6. The van der Waals surface area contributed by atoms with Crippen LogP contribution in [-0.2, 0) is 14.8 Å². The Bertz CT molecular complexity index is 946. The molecule has 0 bridgehead atoms. The number of hydrazone groups is 1. The van der Waals surface area contributed by atoms with Crippen molar-refractivity contribution < 1.29 is 18.3 Å². The Balaban J connectivity index is 1.53. The number of carbonyl (C=O) groups is 1. The van der Waals surface area contributed by atoms with E-state index in [2.05, 4.69) is 10.5 Å². The van der Waals surface area contributed by atoms with E-state index < -0.39 is 10.0 Å². The highest BCUT2D eigenvalue weighted by Crippen LogP contribution is 2.24. The molecule has 1 saturated heterocycles. The molecule has 1 aliphatic rings. The predicted molar refractivity (Wildman–Crippen MR) is 107 cm³/mol. The highest BCUT2D eigenvalue weighted by molar-refractivity contribution is 7.89. The lowest BCUT2D eigenvalue weighted by atomic mass is 9.98. The Labute approximate surface area is 164 Å². The van der Waals surface area contributed by atoms with Crippen molar-refractivity contribution in [3.05, 3.63) is 59.7 Å². The first-order valence-corrected chi connectivity index (χ1v) is 10.5. The van der Waals surface area contributed by atoms with Crippen molar-refractivity contribution >= 4 is 22.1 Å². The van der Waals surface area contributed by atoms with Gasteiger partial charge in [-0.1, -0.05) is 17.7 Å². The Morgan fingerprint density at radius 1 is 1.11 bits per heavy atom. The summed E-state index contributed by atoms with van der Waals surface area (Å²) in [4.78, 5) is 12.6. The topological polar surface area (TPSA) is 99.1 Å². The molecule has 7 nitrogen and oxygen atoms in total. The number of hydrogen-bond donors (Lipinski definition) is 2. The quantitative estimate of drug-likeness (QED) is 0.593. The highest BCUT2D eigenvalue weighted by atomic mass is 32.2. The first-order valence-electron chi connectivity index (χ1n) is 9.05. The number of piperidine rings is 1. The van der Waals surface area contributed by atoms with Crippen molar-refractivity contribution in [2.75, 3.05) is 13.1 Å². The van der Waals surface area contributed by atoms with E-state index in [-0.39, 0.29) is 22.5 Å². The monoisotopic (exact) mass is 401 g/mol. The first-order chi connectivity index (χ1) is 13.4. The van der Waals surface area contributed by atoms with Crippen molar-refractivity contribution in [2.45, 2.75) is 24.7 Å². The minimum atomic E-state index is -3.53. The standard InChI is InChI=1S/C20H23N3O4S/c1-15-2-8-19(9-3-15)28(26,27)23-12-10-17(11-13-23)20(25)22-21-14-16-4-6-18(24)7-5-16/h2-9,14,17,24H,10-13H2,1H3,(H,22,25). The fourth-order valence-electron chi connectivity index (χ4n) is 3.04. The van der Waals surface area contributed by atoms with Gasteiger partial charge in [-0.05, 0) is 61.7 Å². The zero-order valence-corrected chi connectivity index (χ0v) is 16.4. The summed E-state index contributed by atoms with van der Waals surface area (Å²) in [5.74, 6) is -0.336. The van der Waals surface area contributed by atoms with Crippen LogP contribution in [0.2, 0.25) is 0 Å². The van der Waals surface area contributed by atoms with Crippen molar-refractivity contribution in [1.29, 1.82) is 0 Å². The van der Waals surface area contributed by atoms with E-state index in [0.717, 1.165) is 11.1 Å². The van der Waals surface area contributed by atoms with Gasteiger partial charge >= 0.3 is 0 Å². The minimum absolute atomic E-state index is 0.161. The van der Waals surface area contributed by atoms with Gasteiger partial charge in [0.1, 0.15) is 5.75 Å². The maximum atomic E-state index is 12.7. The SMILES string of the molecule is Cc1ccc(S(=O)(=O)N2CCC(C(=O)NN=Cc3ccc(O)cc3)CC2)cc1. The second-order valence-electron chi connectivity index (χ2n) is 6.82. The number of nitrogens with zero attached hydrogens (tertiary/aromatic N) is 2. The van der Waals surface area contributed by atoms with Gasteiger partial charge < -0.3 is 5.11 Å². The Morgan fingerprint density at radius 2 is 1.71 bits per heavy atom. The van der Waals surface area contributed by atoms with Gasteiger partial charge in [-0.15, -0.1) is 0 Å². The number of benzene rings is 2. The van der Waals surface area contributed by atoms with E-state index in [0.29, 0.717) is 25.9 Å². The van der Waals surface area contributed by atoms with Crippen LogP contribution in [0.15, 0.2) is 58.5 Å². The normalized spacial score (nSPS) is 16.3. The molecule has 0 aliphatic carbocycles. The zero-order chi connectivity index (χ0) is 20.1. The van der Waals surface area contributed by atoms with Crippen LogP contribution in [0.25, 0.3) is 0 Å². The molecule has 2 N–H and O–H groups in total. The summed E-state index contributed by atoms with van der Waals surface area (Å²) in [6.45, 7) is 2.51. The average Bonchev–Trinajstić information content (AvgIpc) is 2.70. The maximum Gasteiger partial charge on any atom is 0.243 e. The van der Waals surface area contributed by atoms with Gasteiger partial charge in [-0.25, -0.2) is 13.8 Å². The summed E-state index contributed by atoms with van der Waals surface area (Å²) in [6.07, 6.45) is 2.39. The number of aromatic hydroxyl groups is 1. The number of sulfonamides is 1. The van der Waals surface area contributed by atoms with Crippen molar-refractivity contribution in [2.24, 2.45) is 11.0 Å².